The molecule has 6 heteroatoms. The lowest BCUT2D eigenvalue weighted by Gasteiger charge is -2.27. The van der Waals surface area contributed by atoms with Gasteiger partial charge in [-0.25, -0.2) is 0 Å². The van der Waals surface area contributed by atoms with E-state index in [1.165, 1.54) is 13.8 Å². The maximum absolute atomic E-state index is 11.8. The predicted octanol–water partition coefficient (Wildman–Crippen LogP) is 0.761. The second-order valence-corrected chi connectivity index (χ2v) is 5.43. The Bertz CT molecular complexity index is 542. The molecule has 1 aliphatic heterocycles. The van der Waals surface area contributed by atoms with E-state index in [9.17, 15) is 14.7 Å². The van der Waals surface area contributed by atoms with Crippen LogP contribution in [0.4, 0.5) is 0 Å². The largest absolute Gasteiger partial charge is 0.497 e. The molecule has 2 rings (SSSR count). The van der Waals surface area contributed by atoms with E-state index in [-0.39, 0.29) is 18.5 Å². The van der Waals surface area contributed by atoms with E-state index >= 15 is 0 Å². The van der Waals surface area contributed by atoms with Gasteiger partial charge in [0.25, 0.3) is 0 Å². The van der Waals surface area contributed by atoms with Crippen molar-refractivity contribution in [2.24, 2.45) is 0 Å². The molecule has 1 amide bonds. The molecule has 1 aromatic rings. The number of nitrogens with zero attached hydrogens (tertiary/aromatic N) is 1. The van der Waals surface area contributed by atoms with Crippen LogP contribution in [0.25, 0.3) is 0 Å². The highest BCUT2D eigenvalue weighted by Gasteiger charge is 2.44. The van der Waals surface area contributed by atoms with Crippen LogP contribution in [0.2, 0.25) is 0 Å². The van der Waals surface area contributed by atoms with Gasteiger partial charge in [0.15, 0.2) is 0 Å². The highest BCUT2D eigenvalue weighted by molar-refractivity contribution is 5.74. The monoisotopic (exact) mass is 307 g/mol. The molecule has 1 N–H and O–H groups in total. The summed E-state index contributed by atoms with van der Waals surface area (Å²) in [7, 11) is 1.59. The number of likely N-dealkylation sites (tertiary alicyclic amines) is 1. The van der Waals surface area contributed by atoms with Crippen LogP contribution in [0, 0.1) is 0 Å². The zero-order chi connectivity index (χ0) is 16.3. The van der Waals surface area contributed by atoms with E-state index in [4.69, 9.17) is 9.47 Å². The summed E-state index contributed by atoms with van der Waals surface area (Å²) in [5.41, 5.74) is 0.975. The first kappa shape index (κ1) is 16.3. The summed E-state index contributed by atoms with van der Waals surface area (Å²) in [5, 5.41) is 10.1. The molecule has 1 aliphatic rings. The summed E-state index contributed by atoms with van der Waals surface area (Å²) < 4.78 is 10.3. The molecule has 6 nitrogen and oxygen atoms in total. The molecule has 1 aromatic carbocycles. The van der Waals surface area contributed by atoms with E-state index in [0.717, 1.165) is 11.3 Å². The zero-order valence-corrected chi connectivity index (χ0v) is 13.0. The molecular weight excluding hydrogens is 286 g/mol. The number of rotatable bonds is 4. The Hall–Kier alpha value is -2.08. The smallest absolute Gasteiger partial charge is 0.303 e. The number of aliphatic hydroxyl groups is 1. The minimum Gasteiger partial charge on any atom is -0.497 e. The minimum absolute atomic E-state index is 0.146. The minimum atomic E-state index is -0.865. The fourth-order valence-corrected chi connectivity index (χ4v) is 2.81. The third-order valence-corrected chi connectivity index (χ3v) is 3.85. The van der Waals surface area contributed by atoms with E-state index in [0.29, 0.717) is 6.42 Å². The van der Waals surface area contributed by atoms with Crippen LogP contribution in [-0.2, 0) is 20.7 Å². The standard InChI is InChI=1S/C16H21NO5/c1-10(18)17-9-15(20)16(22-11(2)19)14(17)8-12-4-6-13(21-3)7-5-12/h4-7,14-16,20H,8-9H2,1-3H3/t14-,15+,16+/m1/s1. The third-order valence-electron chi connectivity index (χ3n) is 3.85. The van der Waals surface area contributed by atoms with Crippen LogP contribution in [0.3, 0.4) is 0 Å². The number of carbonyl (C=O) groups is 2. The van der Waals surface area contributed by atoms with Crippen LogP contribution in [-0.4, -0.2) is 53.8 Å². The van der Waals surface area contributed by atoms with Crippen molar-refractivity contribution in [1.29, 1.82) is 0 Å². The summed E-state index contributed by atoms with van der Waals surface area (Å²) in [6.07, 6.45) is -1.07. The summed E-state index contributed by atoms with van der Waals surface area (Å²) in [5.74, 6) is 0.136. The van der Waals surface area contributed by atoms with Gasteiger partial charge in [0.05, 0.1) is 19.7 Å². The first-order valence-electron chi connectivity index (χ1n) is 7.17. The summed E-state index contributed by atoms with van der Waals surface area (Å²) >= 11 is 0. The lowest BCUT2D eigenvalue weighted by atomic mass is 10.0. The zero-order valence-electron chi connectivity index (χ0n) is 13.0. The van der Waals surface area contributed by atoms with Gasteiger partial charge >= 0.3 is 5.97 Å². The van der Waals surface area contributed by atoms with Crippen molar-refractivity contribution < 1.29 is 24.2 Å². The van der Waals surface area contributed by atoms with Gasteiger partial charge in [-0.1, -0.05) is 12.1 Å². The molecule has 0 radical (unpaired) electrons. The number of hydrogen-bond acceptors (Lipinski definition) is 5. The molecule has 0 aliphatic carbocycles. The van der Waals surface area contributed by atoms with E-state index < -0.39 is 18.2 Å². The van der Waals surface area contributed by atoms with E-state index in [1.807, 2.05) is 24.3 Å². The number of β-amino-alcohol motifs (C(OH)–C–C–N with tert-alkyl or cyclic N) is 1. The van der Waals surface area contributed by atoms with Gasteiger partial charge in [0, 0.05) is 13.8 Å². The Morgan fingerprint density at radius 1 is 1.27 bits per heavy atom. The van der Waals surface area contributed by atoms with Crippen molar-refractivity contribution in [1.82, 2.24) is 4.90 Å². The Morgan fingerprint density at radius 3 is 2.41 bits per heavy atom. The number of amides is 1. The second-order valence-electron chi connectivity index (χ2n) is 5.43. The second kappa shape index (κ2) is 6.79. The van der Waals surface area contributed by atoms with Crippen LogP contribution in [0.15, 0.2) is 24.3 Å². The highest BCUT2D eigenvalue weighted by atomic mass is 16.6. The molecule has 0 aromatic heterocycles. The fourth-order valence-electron chi connectivity index (χ4n) is 2.81. The molecule has 120 valence electrons. The molecule has 0 bridgehead atoms. The lowest BCUT2D eigenvalue weighted by molar-refractivity contribution is -0.152. The first-order valence-corrected chi connectivity index (χ1v) is 7.17. The molecule has 0 saturated carbocycles. The normalized spacial score (nSPS) is 24.2. The molecular formula is C16H21NO5. The summed E-state index contributed by atoms with van der Waals surface area (Å²) in [4.78, 5) is 24.6. The lowest BCUT2D eigenvalue weighted by Crippen LogP contribution is -2.42. The molecule has 0 spiro atoms. The average Bonchev–Trinajstić information content (AvgIpc) is 2.77. The molecule has 1 fully saturated rings. The molecule has 22 heavy (non-hydrogen) atoms. The van der Waals surface area contributed by atoms with E-state index in [1.54, 1.807) is 12.0 Å². The Kier molecular flexibility index (Phi) is 5.03. The van der Waals surface area contributed by atoms with Gasteiger partial charge in [-0.2, -0.15) is 0 Å². The predicted molar refractivity (Wildman–Crippen MR) is 79.4 cm³/mol. The van der Waals surface area contributed by atoms with Crippen LogP contribution < -0.4 is 4.74 Å². The maximum Gasteiger partial charge on any atom is 0.303 e. The van der Waals surface area contributed by atoms with Gasteiger partial charge in [-0.3, -0.25) is 9.59 Å². The van der Waals surface area contributed by atoms with Crippen molar-refractivity contribution >= 4 is 11.9 Å². The van der Waals surface area contributed by atoms with E-state index in [2.05, 4.69) is 0 Å². The summed E-state index contributed by atoms with van der Waals surface area (Å²) in [6, 6.07) is 7.09. The first-order chi connectivity index (χ1) is 10.4. The topological polar surface area (TPSA) is 76.1 Å². The molecule has 3 atom stereocenters. The van der Waals surface area contributed by atoms with Crippen molar-refractivity contribution in [2.75, 3.05) is 13.7 Å². The van der Waals surface area contributed by atoms with Crippen molar-refractivity contribution in [2.45, 2.75) is 38.5 Å². The van der Waals surface area contributed by atoms with Gasteiger partial charge in [-0.15, -0.1) is 0 Å². The molecule has 0 unspecified atom stereocenters. The third kappa shape index (κ3) is 3.57. The highest BCUT2D eigenvalue weighted by Crippen LogP contribution is 2.26. The number of aliphatic hydroxyl groups excluding tert-OH is 1. The van der Waals surface area contributed by atoms with Crippen LogP contribution in [0.5, 0.6) is 5.75 Å². The maximum atomic E-state index is 11.8. The average molecular weight is 307 g/mol. The summed E-state index contributed by atoms with van der Waals surface area (Å²) in [6.45, 7) is 2.92. The van der Waals surface area contributed by atoms with Crippen LogP contribution >= 0.6 is 0 Å². The number of ether oxygens (including phenoxy) is 2. The van der Waals surface area contributed by atoms with Crippen molar-refractivity contribution in [3.8, 4) is 5.75 Å². The van der Waals surface area contributed by atoms with Crippen molar-refractivity contribution in [3.63, 3.8) is 0 Å². The Morgan fingerprint density at radius 2 is 1.91 bits per heavy atom. The van der Waals surface area contributed by atoms with Crippen LogP contribution in [0.1, 0.15) is 19.4 Å². The number of benzene rings is 1. The Balaban J connectivity index is 2.20. The van der Waals surface area contributed by atoms with Gasteiger partial charge < -0.3 is 19.5 Å². The number of esters is 1. The fraction of sp³-hybridized carbons (Fsp3) is 0.500. The van der Waals surface area contributed by atoms with Gasteiger partial charge in [0.1, 0.15) is 18.0 Å². The number of methoxy groups -OCH3 is 1. The van der Waals surface area contributed by atoms with Gasteiger partial charge in [-0.05, 0) is 24.1 Å². The van der Waals surface area contributed by atoms with Gasteiger partial charge in [0.2, 0.25) is 5.91 Å². The molecule has 1 saturated heterocycles. The molecule has 1 heterocycles. The Labute approximate surface area is 129 Å². The number of hydrogen-bond donors (Lipinski definition) is 1. The number of carbonyl (C=O) groups excluding carboxylic acids is 2. The van der Waals surface area contributed by atoms with Crippen molar-refractivity contribution in [3.05, 3.63) is 29.8 Å². The SMILES string of the molecule is COc1ccc(C[C@@H]2[C@H](OC(C)=O)[C@@H](O)CN2C(C)=O)cc1. The quantitative estimate of drug-likeness (QED) is 0.831.